The van der Waals surface area contributed by atoms with Crippen LogP contribution in [0.3, 0.4) is 0 Å². The van der Waals surface area contributed by atoms with Crippen LogP contribution in [0.25, 0.3) is 0 Å². The molecule has 0 saturated heterocycles. The van der Waals surface area contributed by atoms with E-state index in [-0.39, 0.29) is 11.2 Å². The molecule has 0 bridgehead atoms. The zero-order chi connectivity index (χ0) is 39.9. The zero-order valence-electron chi connectivity index (χ0n) is 30.6. The standard InChI is InChI=1S/C43H42F6N3OPS/c1-41(2,3)38(52-40(55)51-34-26-32(42(44,45)46)25-33(27-34)43(47,48)49)39(53)50-35(24-30-16-8-4-9-17-30)29-54(36-20-12-6-13-21-36,37-22-14-7-15-23-37)28-31-18-10-5-11-19-31/h4-23,25-27,35,38H,24,28-29H2,1-3H3,(H2-,50,51,52,53,55)/p+1/t35-,38+/m0/s1. The van der Waals surface area contributed by atoms with E-state index in [0.717, 1.165) is 17.3 Å². The number of nitrogens with one attached hydrogen (secondary N) is 3. The average Bonchev–Trinajstić information content (AvgIpc) is 3.13. The van der Waals surface area contributed by atoms with E-state index in [1.54, 1.807) is 20.8 Å². The van der Waals surface area contributed by atoms with E-state index in [0.29, 0.717) is 24.7 Å². The molecule has 5 aromatic carbocycles. The first-order chi connectivity index (χ1) is 25.9. The summed E-state index contributed by atoms with van der Waals surface area (Å²) in [7, 11) is -2.31. The fourth-order valence-corrected chi connectivity index (χ4v) is 11.4. The largest absolute Gasteiger partial charge is 0.416 e. The number of benzene rings is 5. The lowest BCUT2D eigenvalue weighted by molar-refractivity contribution is -0.143. The van der Waals surface area contributed by atoms with Gasteiger partial charge in [-0.2, -0.15) is 26.3 Å². The molecule has 0 aliphatic heterocycles. The van der Waals surface area contributed by atoms with Gasteiger partial charge in [0.15, 0.2) is 5.11 Å². The third-order valence-electron chi connectivity index (χ3n) is 9.25. The van der Waals surface area contributed by atoms with Crippen LogP contribution in [-0.4, -0.2) is 29.3 Å². The summed E-state index contributed by atoms with van der Waals surface area (Å²) >= 11 is 5.42. The lowest BCUT2D eigenvalue weighted by atomic mass is 9.86. The molecule has 0 spiro atoms. The predicted molar refractivity (Wildman–Crippen MR) is 215 cm³/mol. The molecule has 55 heavy (non-hydrogen) atoms. The molecule has 0 aliphatic carbocycles. The summed E-state index contributed by atoms with van der Waals surface area (Å²) in [5.74, 6) is -0.420. The van der Waals surface area contributed by atoms with E-state index in [1.807, 2.05) is 84.9 Å². The van der Waals surface area contributed by atoms with Gasteiger partial charge in [-0.25, -0.2) is 0 Å². The number of halogens is 6. The van der Waals surface area contributed by atoms with Crippen LogP contribution in [0.5, 0.6) is 0 Å². The van der Waals surface area contributed by atoms with Gasteiger partial charge >= 0.3 is 12.4 Å². The molecule has 0 radical (unpaired) electrons. The monoisotopic (exact) mass is 794 g/mol. The molecule has 5 aromatic rings. The summed E-state index contributed by atoms with van der Waals surface area (Å²) in [6.45, 7) is 5.39. The molecule has 0 heterocycles. The van der Waals surface area contributed by atoms with Crippen molar-refractivity contribution in [3.05, 3.63) is 162 Å². The minimum Gasteiger partial charge on any atom is -0.350 e. The van der Waals surface area contributed by atoms with Crippen LogP contribution in [0.4, 0.5) is 32.0 Å². The molecule has 0 aliphatic rings. The number of hydrogen-bond donors (Lipinski definition) is 3. The van der Waals surface area contributed by atoms with Crippen molar-refractivity contribution < 1.29 is 31.1 Å². The van der Waals surface area contributed by atoms with Crippen LogP contribution in [0.15, 0.2) is 140 Å². The molecule has 0 saturated carbocycles. The quantitative estimate of drug-likeness (QED) is 0.0669. The summed E-state index contributed by atoms with van der Waals surface area (Å²) in [6.07, 6.45) is -8.26. The van der Waals surface area contributed by atoms with Crippen LogP contribution in [0, 0.1) is 5.41 Å². The van der Waals surface area contributed by atoms with Crippen molar-refractivity contribution in [3.63, 3.8) is 0 Å². The maximum Gasteiger partial charge on any atom is 0.416 e. The van der Waals surface area contributed by atoms with E-state index in [4.69, 9.17) is 12.2 Å². The van der Waals surface area contributed by atoms with Crippen molar-refractivity contribution in [2.45, 2.75) is 57.8 Å². The number of hydrogen-bond acceptors (Lipinski definition) is 2. The number of alkyl halides is 6. The number of carbonyl (C=O) groups excluding carboxylic acids is 1. The zero-order valence-corrected chi connectivity index (χ0v) is 32.3. The summed E-state index contributed by atoms with van der Waals surface area (Å²) in [5.41, 5.74) is -2.12. The smallest absolute Gasteiger partial charge is 0.350 e. The van der Waals surface area contributed by atoms with Gasteiger partial charge in [-0.3, -0.25) is 4.79 Å². The topological polar surface area (TPSA) is 53.2 Å². The highest BCUT2D eigenvalue weighted by Crippen LogP contribution is 2.60. The van der Waals surface area contributed by atoms with Crippen molar-refractivity contribution in [1.82, 2.24) is 10.6 Å². The highest BCUT2D eigenvalue weighted by atomic mass is 32.1. The maximum atomic E-state index is 14.5. The Labute approximate surface area is 324 Å². The Kier molecular flexibility index (Phi) is 13.1. The minimum absolute atomic E-state index is 0.0469. The molecule has 4 nitrogen and oxygen atoms in total. The van der Waals surface area contributed by atoms with Gasteiger partial charge in [-0.1, -0.05) is 118 Å². The van der Waals surface area contributed by atoms with Crippen LogP contribution in [0.1, 0.15) is 43.0 Å². The Hall–Kier alpha value is -4.73. The van der Waals surface area contributed by atoms with Gasteiger partial charge in [0.05, 0.1) is 47.4 Å². The SMILES string of the molecule is CC(C)(C)[C@H](NC(=S)Nc1cc(C(F)(F)F)cc(C(F)(F)F)c1)C(=O)N[C@@H](Cc1ccccc1)C[P+](Cc1ccccc1)(c1ccccc1)c1ccccc1. The lowest BCUT2D eigenvalue weighted by Gasteiger charge is -2.35. The highest BCUT2D eigenvalue weighted by Gasteiger charge is 2.46. The normalized spacial score (nSPS) is 13.4. The van der Waals surface area contributed by atoms with Crippen molar-refractivity contribution in [1.29, 1.82) is 0 Å². The van der Waals surface area contributed by atoms with E-state index in [1.165, 1.54) is 10.6 Å². The van der Waals surface area contributed by atoms with Gasteiger partial charge in [0.1, 0.15) is 6.04 Å². The van der Waals surface area contributed by atoms with Gasteiger partial charge in [0, 0.05) is 5.69 Å². The van der Waals surface area contributed by atoms with Crippen molar-refractivity contribution >= 4 is 46.8 Å². The second-order valence-electron chi connectivity index (χ2n) is 14.6. The Bertz CT molecular complexity index is 1950. The Morgan fingerprint density at radius 1 is 0.636 bits per heavy atom. The van der Waals surface area contributed by atoms with Crippen LogP contribution >= 0.6 is 19.5 Å². The van der Waals surface area contributed by atoms with Crippen molar-refractivity contribution in [2.24, 2.45) is 5.41 Å². The third kappa shape index (κ3) is 11.2. The second kappa shape index (κ2) is 17.4. The molecule has 2 atom stereocenters. The Morgan fingerprint density at radius 3 is 1.51 bits per heavy atom. The molecule has 12 heteroatoms. The molecular weight excluding hydrogens is 752 g/mol. The van der Waals surface area contributed by atoms with E-state index < -0.39 is 59.8 Å². The first-order valence-corrected chi connectivity index (χ1v) is 20.2. The van der Waals surface area contributed by atoms with E-state index >= 15 is 0 Å². The molecule has 1 amide bonds. The van der Waals surface area contributed by atoms with Crippen molar-refractivity contribution in [2.75, 3.05) is 11.5 Å². The van der Waals surface area contributed by atoms with Gasteiger partial charge in [-0.05, 0) is 77.6 Å². The second-order valence-corrected chi connectivity index (χ2v) is 18.6. The molecule has 288 valence electrons. The molecule has 0 aromatic heterocycles. The van der Waals surface area contributed by atoms with Crippen LogP contribution in [0.2, 0.25) is 0 Å². The number of amides is 1. The number of thiocarbonyl (C=S) groups is 1. The first kappa shape index (κ1) is 41.4. The van der Waals surface area contributed by atoms with Crippen molar-refractivity contribution in [3.8, 4) is 0 Å². The first-order valence-electron chi connectivity index (χ1n) is 17.7. The predicted octanol–water partition coefficient (Wildman–Crippen LogP) is 10.0. The number of rotatable bonds is 12. The van der Waals surface area contributed by atoms with Crippen LogP contribution in [-0.2, 0) is 29.7 Å². The fourth-order valence-electron chi connectivity index (χ4n) is 6.65. The van der Waals surface area contributed by atoms with Gasteiger partial charge in [0.2, 0.25) is 5.91 Å². The lowest BCUT2D eigenvalue weighted by Crippen LogP contribution is -2.57. The molecule has 5 rings (SSSR count). The van der Waals surface area contributed by atoms with E-state index in [9.17, 15) is 31.1 Å². The summed E-state index contributed by atoms with van der Waals surface area (Å²) in [4.78, 5) is 14.5. The summed E-state index contributed by atoms with van der Waals surface area (Å²) < 4.78 is 81.5. The molecule has 0 unspecified atom stereocenters. The third-order valence-corrected chi connectivity index (χ3v) is 14.0. The fraction of sp³-hybridized carbons (Fsp3) is 0.256. The average molecular weight is 795 g/mol. The van der Waals surface area contributed by atoms with E-state index in [2.05, 4.69) is 52.3 Å². The molecule has 0 fully saturated rings. The maximum absolute atomic E-state index is 14.5. The Morgan fingerprint density at radius 2 is 1.07 bits per heavy atom. The minimum atomic E-state index is -5.04. The van der Waals surface area contributed by atoms with Gasteiger partial charge in [-0.15, -0.1) is 0 Å². The van der Waals surface area contributed by atoms with Crippen LogP contribution < -0.4 is 26.6 Å². The number of anilines is 1. The summed E-state index contributed by atoms with van der Waals surface area (Å²) in [5, 5.41) is 10.7. The summed E-state index contributed by atoms with van der Waals surface area (Å²) in [6, 6.07) is 40.4. The highest BCUT2D eigenvalue weighted by molar-refractivity contribution is 7.88. The van der Waals surface area contributed by atoms with Gasteiger partial charge in [0.25, 0.3) is 0 Å². The number of carbonyl (C=O) groups is 1. The molecular formula is C43H43F6N3OPS+. The molecule has 3 N–H and O–H groups in total. The Balaban J connectivity index is 1.51. The van der Waals surface area contributed by atoms with Gasteiger partial charge < -0.3 is 16.0 Å².